The number of carbonyl (C=O) groups is 1. The van der Waals surface area contributed by atoms with Gasteiger partial charge in [0.1, 0.15) is 11.5 Å². The molecule has 3 rings (SSSR count). The van der Waals surface area contributed by atoms with E-state index in [0.717, 1.165) is 25.1 Å². The minimum atomic E-state index is -0.162. The van der Waals surface area contributed by atoms with Crippen LogP contribution in [0.3, 0.4) is 0 Å². The number of carbonyl (C=O) groups excluding carboxylic acids is 1. The van der Waals surface area contributed by atoms with Gasteiger partial charge in [-0.05, 0) is 12.3 Å². The molecule has 112 valence electrons. The minimum Gasteiger partial charge on any atom is -0.350 e. The van der Waals surface area contributed by atoms with Gasteiger partial charge in [-0.25, -0.2) is 4.98 Å². The summed E-state index contributed by atoms with van der Waals surface area (Å²) in [5, 5.41) is 11.7. The fourth-order valence-electron chi connectivity index (χ4n) is 2.60. The van der Waals surface area contributed by atoms with Crippen LogP contribution in [0.5, 0.6) is 0 Å². The zero-order valence-corrected chi connectivity index (χ0v) is 12.1. The molecule has 0 spiro atoms. The Morgan fingerprint density at radius 3 is 3.00 bits per heavy atom. The maximum absolute atomic E-state index is 12.1. The van der Waals surface area contributed by atoms with Crippen LogP contribution in [0.4, 0.5) is 0 Å². The predicted octanol–water partition coefficient (Wildman–Crippen LogP) is 1.61. The maximum atomic E-state index is 12.1. The van der Waals surface area contributed by atoms with E-state index in [1.165, 1.54) is 0 Å². The Kier molecular flexibility index (Phi) is 4.05. The number of imidazole rings is 1. The largest absolute Gasteiger partial charge is 0.350 e. The van der Waals surface area contributed by atoms with Gasteiger partial charge in [-0.3, -0.25) is 4.79 Å². The van der Waals surface area contributed by atoms with Gasteiger partial charge >= 0.3 is 0 Å². The maximum Gasteiger partial charge on any atom is 0.269 e. The summed E-state index contributed by atoms with van der Waals surface area (Å²) < 4.78 is 0. The van der Waals surface area contributed by atoms with Crippen molar-refractivity contribution in [3.8, 4) is 17.6 Å². The van der Waals surface area contributed by atoms with Crippen molar-refractivity contribution in [1.82, 2.24) is 20.2 Å². The molecule has 1 amide bonds. The van der Waals surface area contributed by atoms with Gasteiger partial charge in [0, 0.05) is 25.2 Å². The molecule has 0 unspecified atom stereocenters. The van der Waals surface area contributed by atoms with Crippen molar-refractivity contribution in [1.29, 1.82) is 5.26 Å². The summed E-state index contributed by atoms with van der Waals surface area (Å²) in [5.41, 5.74) is 1.40. The molecular formula is C16H17N5O. The van der Waals surface area contributed by atoms with Crippen LogP contribution in [0.1, 0.15) is 16.9 Å². The van der Waals surface area contributed by atoms with Crippen LogP contribution in [0.2, 0.25) is 0 Å². The van der Waals surface area contributed by atoms with Gasteiger partial charge in [-0.1, -0.05) is 30.3 Å². The summed E-state index contributed by atoms with van der Waals surface area (Å²) in [4.78, 5) is 21.1. The highest BCUT2D eigenvalue weighted by atomic mass is 16.1. The molecule has 1 aromatic carbocycles. The number of benzene rings is 1. The molecule has 2 N–H and O–H groups in total. The summed E-state index contributed by atoms with van der Waals surface area (Å²) in [7, 11) is 0. The topological polar surface area (TPSA) is 84.8 Å². The highest BCUT2D eigenvalue weighted by molar-refractivity contribution is 5.92. The number of nitriles is 1. The predicted molar refractivity (Wildman–Crippen MR) is 81.6 cm³/mol. The highest BCUT2D eigenvalue weighted by Gasteiger charge is 2.22. The van der Waals surface area contributed by atoms with Gasteiger partial charge in [-0.15, -0.1) is 0 Å². The van der Waals surface area contributed by atoms with Crippen molar-refractivity contribution in [2.75, 3.05) is 19.6 Å². The van der Waals surface area contributed by atoms with Crippen LogP contribution in [0, 0.1) is 17.4 Å². The third kappa shape index (κ3) is 3.09. The Labute approximate surface area is 128 Å². The second-order valence-electron chi connectivity index (χ2n) is 5.42. The van der Waals surface area contributed by atoms with Crippen LogP contribution < -0.4 is 5.32 Å². The number of aromatic amines is 1. The van der Waals surface area contributed by atoms with E-state index in [9.17, 15) is 4.79 Å². The summed E-state index contributed by atoms with van der Waals surface area (Å²) in [6.07, 6.45) is 4.63. The number of H-pyrrole nitrogens is 1. The van der Waals surface area contributed by atoms with E-state index in [4.69, 9.17) is 5.26 Å². The fraction of sp³-hybridized carbons (Fsp3) is 0.312. The first-order valence-corrected chi connectivity index (χ1v) is 7.29. The van der Waals surface area contributed by atoms with E-state index in [1.807, 2.05) is 30.3 Å². The van der Waals surface area contributed by atoms with E-state index >= 15 is 0 Å². The van der Waals surface area contributed by atoms with Crippen molar-refractivity contribution in [3.63, 3.8) is 0 Å². The van der Waals surface area contributed by atoms with E-state index in [2.05, 4.69) is 21.5 Å². The summed E-state index contributed by atoms with van der Waals surface area (Å²) in [6, 6.07) is 9.68. The lowest BCUT2D eigenvalue weighted by Gasteiger charge is -2.10. The van der Waals surface area contributed by atoms with Crippen molar-refractivity contribution in [2.24, 2.45) is 5.92 Å². The van der Waals surface area contributed by atoms with Gasteiger partial charge in [0.2, 0.25) is 0 Å². The van der Waals surface area contributed by atoms with Crippen molar-refractivity contribution >= 4 is 5.91 Å². The van der Waals surface area contributed by atoms with Crippen molar-refractivity contribution in [2.45, 2.75) is 6.42 Å². The van der Waals surface area contributed by atoms with Crippen LogP contribution in [0.15, 0.2) is 36.5 Å². The molecule has 1 aliphatic heterocycles. The molecule has 22 heavy (non-hydrogen) atoms. The van der Waals surface area contributed by atoms with E-state index in [0.29, 0.717) is 24.0 Å². The quantitative estimate of drug-likeness (QED) is 0.839. The van der Waals surface area contributed by atoms with Crippen molar-refractivity contribution in [3.05, 3.63) is 42.2 Å². The van der Waals surface area contributed by atoms with Gasteiger partial charge in [-0.2, -0.15) is 5.26 Å². The first-order chi connectivity index (χ1) is 10.8. The van der Waals surface area contributed by atoms with E-state index in [1.54, 1.807) is 11.1 Å². The second kappa shape index (κ2) is 6.31. The number of nitrogens with one attached hydrogen (secondary N) is 2. The zero-order valence-electron chi connectivity index (χ0n) is 12.1. The SMILES string of the molecule is N#CN1CC[C@H](CNC(=O)c2cnc(-c3ccccc3)[nH]2)C1. The molecule has 2 aromatic rings. The fourth-order valence-corrected chi connectivity index (χ4v) is 2.60. The third-order valence-electron chi connectivity index (χ3n) is 3.85. The summed E-state index contributed by atoms with van der Waals surface area (Å²) in [5.74, 6) is 0.854. The lowest BCUT2D eigenvalue weighted by Crippen LogP contribution is -2.30. The number of likely N-dealkylation sites (tertiary alicyclic amines) is 1. The molecule has 1 aliphatic rings. The van der Waals surface area contributed by atoms with E-state index in [-0.39, 0.29) is 5.91 Å². The smallest absolute Gasteiger partial charge is 0.269 e. The van der Waals surface area contributed by atoms with Crippen molar-refractivity contribution < 1.29 is 4.79 Å². The summed E-state index contributed by atoms with van der Waals surface area (Å²) in [6.45, 7) is 2.07. The highest BCUT2D eigenvalue weighted by Crippen LogP contribution is 2.16. The van der Waals surface area contributed by atoms with Crippen LogP contribution >= 0.6 is 0 Å². The standard InChI is InChI=1S/C16H17N5O/c17-11-21-7-6-12(10-21)8-19-16(22)14-9-18-15(20-14)13-4-2-1-3-5-13/h1-5,9,12H,6-8,10H2,(H,18,20)(H,19,22)/t12-/m1/s1. The third-order valence-corrected chi connectivity index (χ3v) is 3.85. The Morgan fingerprint density at radius 1 is 1.45 bits per heavy atom. The molecular weight excluding hydrogens is 278 g/mol. The van der Waals surface area contributed by atoms with Gasteiger partial charge in [0.05, 0.1) is 6.20 Å². The van der Waals surface area contributed by atoms with Gasteiger partial charge in [0.15, 0.2) is 6.19 Å². The van der Waals surface area contributed by atoms with E-state index < -0.39 is 0 Å². The number of hydrogen-bond donors (Lipinski definition) is 2. The average molecular weight is 295 g/mol. The van der Waals surface area contributed by atoms with Gasteiger partial charge < -0.3 is 15.2 Å². The monoisotopic (exact) mass is 295 g/mol. The number of hydrogen-bond acceptors (Lipinski definition) is 4. The second-order valence-corrected chi connectivity index (χ2v) is 5.42. The lowest BCUT2D eigenvalue weighted by atomic mass is 10.1. The van der Waals surface area contributed by atoms with Crippen LogP contribution in [-0.4, -0.2) is 40.4 Å². The molecule has 1 aromatic heterocycles. The number of aromatic nitrogens is 2. The van der Waals surface area contributed by atoms with Crippen LogP contribution in [0.25, 0.3) is 11.4 Å². The Hall–Kier alpha value is -2.81. The molecule has 1 atom stereocenters. The minimum absolute atomic E-state index is 0.162. The molecule has 1 fully saturated rings. The molecule has 1 saturated heterocycles. The molecule has 0 aliphatic carbocycles. The average Bonchev–Trinajstić information content (AvgIpc) is 3.22. The Morgan fingerprint density at radius 2 is 2.27 bits per heavy atom. The normalized spacial score (nSPS) is 17.2. The molecule has 0 bridgehead atoms. The Balaban J connectivity index is 1.57. The Bertz CT molecular complexity index is 688. The number of rotatable bonds is 4. The molecule has 2 heterocycles. The summed E-state index contributed by atoms with van der Waals surface area (Å²) >= 11 is 0. The first kappa shape index (κ1) is 14.1. The first-order valence-electron chi connectivity index (χ1n) is 7.29. The zero-order chi connectivity index (χ0) is 15.4. The number of amides is 1. The molecule has 0 saturated carbocycles. The lowest BCUT2D eigenvalue weighted by molar-refractivity contribution is 0.0943. The van der Waals surface area contributed by atoms with Crippen LogP contribution in [-0.2, 0) is 0 Å². The number of nitrogens with zero attached hydrogens (tertiary/aromatic N) is 3. The van der Waals surface area contributed by atoms with Gasteiger partial charge in [0.25, 0.3) is 5.91 Å². The molecule has 0 radical (unpaired) electrons. The molecule has 6 heteroatoms. The molecule has 6 nitrogen and oxygen atoms in total.